The average Bonchev–Trinajstić information content (AvgIpc) is 2.44. The van der Waals surface area contributed by atoms with Crippen molar-refractivity contribution in [3.05, 3.63) is 47.1 Å². The molecule has 0 fully saturated rings. The van der Waals surface area contributed by atoms with Crippen molar-refractivity contribution in [3.63, 3.8) is 0 Å². The van der Waals surface area contributed by atoms with Crippen molar-refractivity contribution >= 4 is 32.9 Å². The van der Waals surface area contributed by atoms with E-state index >= 15 is 0 Å². The van der Waals surface area contributed by atoms with Crippen LogP contribution < -0.4 is 5.19 Å². The Bertz CT molecular complexity index is 691. The minimum absolute atomic E-state index is 0.218. The largest absolute Gasteiger partial charge is 0.306 e. The van der Waals surface area contributed by atoms with E-state index in [4.69, 9.17) is 0 Å². The fraction of sp³-hybridized carbons (Fsp3) is 0. The van der Waals surface area contributed by atoms with Gasteiger partial charge in [-0.2, -0.15) is 26.3 Å². The van der Waals surface area contributed by atoms with Gasteiger partial charge in [0, 0.05) is 26.9 Å². The van der Waals surface area contributed by atoms with Gasteiger partial charge in [0.2, 0.25) is 0 Å². The van der Waals surface area contributed by atoms with Crippen LogP contribution in [0.25, 0.3) is 17.5 Å². The second-order valence-electron chi connectivity index (χ2n) is 3.90. The van der Waals surface area contributed by atoms with E-state index in [1.54, 1.807) is 0 Å². The Labute approximate surface area is 120 Å². The van der Waals surface area contributed by atoms with Crippen LogP contribution in [-0.2, 0) is 0 Å². The third-order valence-electron chi connectivity index (χ3n) is 2.59. The van der Waals surface area contributed by atoms with Gasteiger partial charge in [0.25, 0.3) is 0 Å². The summed E-state index contributed by atoms with van der Waals surface area (Å²) < 4.78 is 114. The first-order valence-electron chi connectivity index (χ1n) is 5.36. The van der Waals surface area contributed by atoms with Crippen molar-refractivity contribution in [3.8, 4) is 0 Å². The molecule has 0 nitrogen and oxygen atoms in total. The normalized spacial score (nSPS) is 10.4. The summed E-state index contributed by atoms with van der Waals surface area (Å²) >= 11 is 0. The van der Waals surface area contributed by atoms with Crippen LogP contribution >= 0.6 is 0 Å². The lowest BCUT2D eigenvalue weighted by Crippen LogP contribution is -2.14. The third kappa shape index (κ3) is 3.43. The predicted octanol–water partition coefficient (Wildman–Crippen LogP) is 4.28. The lowest BCUT2D eigenvalue weighted by atomic mass is 9.98. The monoisotopic (exact) mass is 348 g/mol. The first-order valence-corrected chi connectivity index (χ1v) is 6.36. The molecule has 0 atom stereocenters. The maximum absolute atomic E-state index is 13.5. The zero-order chi connectivity index (χ0) is 17.2. The average molecular weight is 348 g/mol. The van der Waals surface area contributed by atoms with Gasteiger partial charge in [0.05, 0.1) is 0 Å². The van der Waals surface area contributed by atoms with Gasteiger partial charge in [-0.3, -0.25) is 0 Å². The Morgan fingerprint density at radius 2 is 1.00 bits per heavy atom. The molecule has 0 radical (unpaired) electrons. The molecule has 1 aromatic rings. The van der Waals surface area contributed by atoms with E-state index in [0.717, 1.165) is 6.07 Å². The standard InChI is InChI=1S/C12H5F9Si/c13-7(10(16)17)3-1-2-4(22)6(9(15)12(20)21)5(3)8(14)11(18)19/h1-2H,22H3. The molecular formula is C12H5F9Si. The van der Waals surface area contributed by atoms with Crippen LogP contribution in [0.4, 0.5) is 39.5 Å². The highest BCUT2D eigenvalue weighted by Crippen LogP contribution is 2.37. The second-order valence-corrected chi connectivity index (χ2v) is 4.98. The molecular weight excluding hydrogens is 343 g/mol. The van der Waals surface area contributed by atoms with Gasteiger partial charge in [-0.25, -0.2) is 13.2 Å². The van der Waals surface area contributed by atoms with E-state index in [1.165, 1.54) is 0 Å². The van der Waals surface area contributed by atoms with Crippen molar-refractivity contribution in [2.45, 2.75) is 0 Å². The fourth-order valence-corrected chi connectivity index (χ4v) is 2.33. The van der Waals surface area contributed by atoms with Crippen LogP contribution in [-0.4, -0.2) is 10.2 Å². The van der Waals surface area contributed by atoms with Crippen LogP contribution in [0, 0.1) is 0 Å². The van der Waals surface area contributed by atoms with Gasteiger partial charge in [0.15, 0.2) is 17.5 Å². The molecule has 10 heteroatoms. The van der Waals surface area contributed by atoms with Crippen LogP contribution in [0.1, 0.15) is 16.7 Å². The molecule has 0 aromatic heterocycles. The van der Waals surface area contributed by atoms with Gasteiger partial charge < -0.3 is 0 Å². The summed E-state index contributed by atoms with van der Waals surface area (Å²) in [5, 5.41) is -0.340. The van der Waals surface area contributed by atoms with Gasteiger partial charge in [0.1, 0.15) is 0 Å². The quantitative estimate of drug-likeness (QED) is 0.565. The molecule has 0 amide bonds. The Morgan fingerprint density at radius 1 is 0.591 bits per heavy atom. The van der Waals surface area contributed by atoms with E-state index in [2.05, 4.69) is 0 Å². The van der Waals surface area contributed by atoms with Crippen molar-refractivity contribution in [1.82, 2.24) is 0 Å². The molecule has 0 unspecified atom stereocenters. The summed E-state index contributed by atoms with van der Waals surface area (Å²) in [6, 6.07) is 1.26. The highest BCUT2D eigenvalue weighted by molar-refractivity contribution is 6.35. The number of halogens is 9. The number of benzene rings is 1. The molecule has 22 heavy (non-hydrogen) atoms. The van der Waals surface area contributed by atoms with Gasteiger partial charge in [-0.1, -0.05) is 17.3 Å². The summed E-state index contributed by atoms with van der Waals surface area (Å²) in [6.07, 6.45) is -9.06. The van der Waals surface area contributed by atoms with Crippen LogP contribution in [0.2, 0.25) is 0 Å². The second kappa shape index (κ2) is 6.86. The summed E-state index contributed by atoms with van der Waals surface area (Å²) in [6.45, 7) is 0. The highest BCUT2D eigenvalue weighted by atomic mass is 28.1. The highest BCUT2D eigenvalue weighted by Gasteiger charge is 2.27. The lowest BCUT2D eigenvalue weighted by Gasteiger charge is -2.13. The first kappa shape index (κ1) is 18.1. The molecule has 0 saturated heterocycles. The molecule has 0 aliphatic rings. The maximum Gasteiger partial charge on any atom is 0.306 e. The lowest BCUT2D eigenvalue weighted by molar-refractivity contribution is 0.406. The smallest absolute Gasteiger partial charge is 0.200 e. The zero-order valence-electron chi connectivity index (χ0n) is 10.6. The van der Waals surface area contributed by atoms with E-state index in [0.29, 0.717) is 6.07 Å². The Hall–Kier alpha value is -1.97. The van der Waals surface area contributed by atoms with E-state index in [-0.39, 0.29) is 15.4 Å². The predicted molar refractivity (Wildman–Crippen MR) is 66.7 cm³/mol. The molecule has 0 heterocycles. The molecule has 120 valence electrons. The number of hydrogen-bond acceptors (Lipinski definition) is 0. The van der Waals surface area contributed by atoms with Crippen molar-refractivity contribution in [1.29, 1.82) is 0 Å². The number of hydrogen-bond donors (Lipinski definition) is 0. The molecule has 0 aliphatic carbocycles. The third-order valence-corrected chi connectivity index (χ3v) is 3.42. The molecule has 0 saturated carbocycles. The minimum atomic E-state index is -3.09. The first-order chi connectivity index (χ1) is 10.1. The van der Waals surface area contributed by atoms with Crippen molar-refractivity contribution in [2.75, 3.05) is 0 Å². The van der Waals surface area contributed by atoms with Crippen LogP contribution in [0.5, 0.6) is 0 Å². The molecule has 1 aromatic carbocycles. The fourth-order valence-electron chi connectivity index (χ4n) is 1.69. The summed E-state index contributed by atoms with van der Waals surface area (Å²) in [5.74, 6) is -7.36. The van der Waals surface area contributed by atoms with Crippen LogP contribution in [0.15, 0.2) is 30.4 Å². The van der Waals surface area contributed by atoms with Gasteiger partial charge >= 0.3 is 18.2 Å². The SMILES string of the molecule is FC(F)=C(F)c1ccc([SiH3])c(C(F)=C(F)F)c1C(F)=C(F)F. The van der Waals surface area contributed by atoms with Gasteiger partial charge in [-0.05, 0) is 0 Å². The Balaban J connectivity index is 4.02. The topological polar surface area (TPSA) is 0 Å². The molecule has 0 N–H and O–H groups in total. The van der Waals surface area contributed by atoms with Crippen molar-refractivity contribution < 1.29 is 39.5 Å². The Morgan fingerprint density at radius 3 is 1.41 bits per heavy atom. The number of rotatable bonds is 3. The van der Waals surface area contributed by atoms with Gasteiger partial charge in [-0.15, -0.1) is 0 Å². The summed E-state index contributed by atoms with van der Waals surface area (Å²) in [4.78, 5) is 0. The van der Waals surface area contributed by atoms with Crippen molar-refractivity contribution in [2.24, 2.45) is 0 Å². The van der Waals surface area contributed by atoms with Crippen LogP contribution in [0.3, 0.4) is 0 Å². The minimum Gasteiger partial charge on any atom is -0.200 e. The zero-order valence-corrected chi connectivity index (χ0v) is 12.6. The summed E-state index contributed by atoms with van der Waals surface area (Å²) in [7, 11) is -0.218. The maximum atomic E-state index is 13.5. The molecule has 0 spiro atoms. The molecule has 0 bridgehead atoms. The molecule has 1 rings (SSSR count). The van der Waals surface area contributed by atoms with E-state index in [9.17, 15) is 39.5 Å². The Kier molecular flexibility index (Phi) is 5.63. The molecule has 0 aliphatic heterocycles. The van der Waals surface area contributed by atoms with E-state index < -0.39 is 52.4 Å². The summed E-state index contributed by atoms with van der Waals surface area (Å²) in [5.41, 5.74) is -4.50. The van der Waals surface area contributed by atoms with E-state index in [1.807, 2.05) is 0 Å².